The van der Waals surface area contributed by atoms with Crippen molar-refractivity contribution in [1.82, 2.24) is 0 Å². The number of para-hydroxylation sites is 2. The Bertz CT molecular complexity index is 836. The van der Waals surface area contributed by atoms with Crippen LogP contribution in [0, 0.1) is 16.0 Å². The second kappa shape index (κ2) is 7.93. The standard InChI is InChI=1S/C18H17Cl2N3O3/c19-13-4-3-5-14(17(13)20)21-18(24)12-8-10-22(11-9-12)15-6-1-2-7-16(15)23(25)26/h1-7,12H,8-11H2,(H,21,24). The smallest absolute Gasteiger partial charge is 0.292 e. The number of benzene rings is 2. The number of rotatable bonds is 4. The van der Waals surface area contributed by atoms with Crippen LogP contribution in [0.4, 0.5) is 17.1 Å². The average Bonchev–Trinajstić information content (AvgIpc) is 2.65. The second-order valence-electron chi connectivity index (χ2n) is 6.10. The second-order valence-corrected chi connectivity index (χ2v) is 6.88. The maximum Gasteiger partial charge on any atom is 0.292 e. The highest BCUT2D eigenvalue weighted by molar-refractivity contribution is 6.44. The lowest BCUT2D eigenvalue weighted by Crippen LogP contribution is -2.38. The topological polar surface area (TPSA) is 75.5 Å². The number of nitrogens with zero attached hydrogens (tertiary/aromatic N) is 2. The Kier molecular flexibility index (Phi) is 5.64. The number of nitrogens with one attached hydrogen (secondary N) is 1. The molecule has 6 nitrogen and oxygen atoms in total. The molecule has 0 spiro atoms. The summed E-state index contributed by atoms with van der Waals surface area (Å²) in [6.45, 7) is 1.15. The van der Waals surface area contributed by atoms with Crippen molar-refractivity contribution in [2.24, 2.45) is 5.92 Å². The molecular formula is C18H17Cl2N3O3. The Balaban J connectivity index is 1.64. The van der Waals surface area contributed by atoms with Gasteiger partial charge in [0.1, 0.15) is 5.69 Å². The van der Waals surface area contributed by atoms with Crippen LogP contribution in [0.2, 0.25) is 10.0 Å². The molecule has 8 heteroatoms. The van der Waals surface area contributed by atoms with Gasteiger partial charge in [0.15, 0.2) is 0 Å². The van der Waals surface area contributed by atoms with Crippen LogP contribution in [0.15, 0.2) is 42.5 Å². The first-order valence-corrected chi connectivity index (χ1v) is 8.96. The summed E-state index contributed by atoms with van der Waals surface area (Å²) < 4.78 is 0. The van der Waals surface area contributed by atoms with Gasteiger partial charge in [0.25, 0.3) is 5.69 Å². The lowest BCUT2D eigenvalue weighted by atomic mass is 9.95. The van der Waals surface area contributed by atoms with Crippen molar-refractivity contribution < 1.29 is 9.72 Å². The van der Waals surface area contributed by atoms with Crippen LogP contribution in [0.3, 0.4) is 0 Å². The Morgan fingerprint density at radius 3 is 2.50 bits per heavy atom. The first kappa shape index (κ1) is 18.5. The molecule has 26 heavy (non-hydrogen) atoms. The van der Waals surface area contributed by atoms with Crippen LogP contribution < -0.4 is 10.2 Å². The molecule has 1 saturated heterocycles. The molecule has 1 amide bonds. The fourth-order valence-electron chi connectivity index (χ4n) is 3.10. The highest BCUT2D eigenvalue weighted by Crippen LogP contribution is 2.33. The fraction of sp³-hybridized carbons (Fsp3) is 0.278. The minimum Gasteiger partial charge on any atom is -0.366 e. The monoisotopic (exact) mass is 393 g/mol. The number of piperidine rings is 1. The predicted molar refractivity (Wildman–Crippen MR) is 103 cm³/mol. The number of hydrogen-bond donors (Lipinski definition) is 1. The van der Waals surface area contributed by atoms with Crippen LogP contribution in [0.25, 0.3) is 0 Å². The zero-order valence-electron chi connectivity index (χ0n) is 13.8. The van der Waals surface area contributed by atoms with Gasteiger partial charge in [0, 0.05) is 25.1 Å². The number of nitro benzene ring substituents is 1. The molecular weight excluding hydrogens is 377 g/mol. The van der Waals surface area contributed by atoms with E-state index in [1.54, 1.807) is 36.4 Å². The SMILES string of the molecule is O=C(Nc1cccc(Cl)c1Cl)C1CCN(c2ccccc2[N+](=O)[O-])CC1. The molecule has 0 atom stereocenters. The maximum atomic E-state index is 12.5. The molecule has 0 radical (unpaired) electrons. The van der Waals surface area contributed by atoms with E-state index in [2.05, 4.69) is 5.32 Å². The lowest BCUT2D eigenvalue weighted by Gasteiger charge is -2.32. The van der Waals surface area contributed by atoms with E-state index in [4.69, 9.17) is 23.2 Å². The molecule has 2 aromatic carbocycles. The minimum absolute atomic E-state index is 0.0844. The molecule has 3 rings (SSSR count). The molecule has 1 fully saturated rings. The summed E-state index contributed by atoms with van der Waals surface area (Å²) in [4.78, 5) is 25.3. The van der Waals surface area contributed by atoms with Gasteiger partial charge >= 0.3 is 0 Å². The number of amides is 1. The van der Waals surface area contributed by atoms with Gasteiger partial charge in [-0.05, 0) is 31.0 Å². The summed E-state index contributed by atoms with van der Waals surface area (Å²) in [5, 5.41) is 14.7. The normalized spacial score (nSPS) is 14.9. The quantitative estimate of drug-likeness (QED) is 0.600. The molecule has 1 heterocycles. The molecule has 1 aliphatic rings. The third kappa shape index (κ3) is 3.92. The highest BCUT2D eigenvalue weighted by Gasteiger charge is 2.28. The van der Waals surface area contributed by atoms with Crippen LogP contribution in [-0.2, 0) is 4.79 Å². The van der Waals surface area contributed by atoms with Gasteiger partial charge in [-0.2, -0.15) is 0 Å². The molecule has 1 N–H and O–H groups in total. The summed E-state index contributed by atoms with van der Waals surface area (Å²) in [5.74, 6) is -0.291. The van der Waals surface area contributed by atoms with Gasteiger partial charge in [0.05, 0.1) is 20.7 Å². The van der Waals surface area contributed by atoms with E-state index < -0.39 is 0 Å². The number of anilines is 2. The Hall–Kier alpha value is -2.31. The van der Waals surface area contributed by atoms with Crippen molar-refractivity contribution >= 4 is 46.2 Å². The van der Waals surface area contributed by atoms with E-state index in [0.717, 1.165) is 0 Å². The maximum absolute atomic E-state index is 12.5. The van der Waals surface area contributed by atoms with E-state index in [1.165, 1.54) is 6.07 Å². The van der Waals surface area contributed by atoms with Gasteiger partial charge in [-0.1, -0.05) is 41.4 Å². The molecule has 1 aliphatic heterocycles. The number of carbonyl (C=O) groups excluding carboxylic acids is 1. The van der Waals surface area contributed by atoms with Gasteiger partial charge in [-0.15, -0.1) is 0 Å². The molecule has 0 unspecified atom stereocenters. The Morgan fingerprint density at radius 2 is 1.81 bits per heavy atom. The largest absolute Gasteiger partial charge is 0.366 e. The minimum atomic E-state index is -0.380. The zero-order chi connectivity index (χ0) is 18.7. The van der Waals surface area contributed by atoms with Crippen LogP contribution >= 0.6 is 23.2 Å². The summed E-state index contributed by atoms with van der Waals surface area (Å²) >= 11 is 12.1. The summed E-state index contributed by atoms with van der Waals surface area (Å²) in [5.41, 5.74) is 1.17. The van der Waals surface area contributed by atoms with Gasteiger partial charge in [-0.25, -0.2) is 0 Å². The van der Waals surface area contributed by atoms with E-state index in [0.29, 0.717) is 47.4 Å². The van der Waals surface area contributed by atoms with Crippen molar-refractivity contribution in [3.05, 3.63) is 62.6 Å². The highest BCUT2D eigenvalue weighted by atomic mass is 35.5. The van der Waals surface area contributed by atoms with Crippen molar-refractivity contribution in [2.45, 2.75) is 12.8 Å². The van der Waals surface area contributed by atoms with E-state index in [1.807, 2.05) is 4.90 Å². The van der Waals surface area contributed by atoms with Crippen LogP contribution in [0.5, 0.6) is 0 Å². The average molecular weight is 394 g/mol. The Morgan fingerprint density at radius 1 is 1.12 bits per heavy atom. The van der Waals surface area contributed by atoms with E-state index >= 15 is 0 Å². The summed E-state index contributed by atoms with van der Waals surface area (Å²) in [7, 11) is 0. The number of hydrogen-bond acceptors (Lipinski definition) is 4. The first-order valence-electron chi connectivity index (χ1n) is 8.20. The third-order valence-electron chi connectivity index (χ3n) is 4.49. The fourth-order valence-corrected chi connectivity index (χ4v) is 3.45. The van der Waals surface area contributed by atoms with Gasteiger partial charge in [-0.3, -0.25) is 14.9 Å². The van der Waals surface area contributed by atoms with Crippen LogP contribution in [0.1, 0.15) is 12.8 Å². The zero-order valence-corrected chi connectivity index (χ0v) is 15.3. The predicted octanol–water partition coefficient (Wildman–Crippen LogP) is 4.76. The third-order valence-corrected chi connectivity index (χ3v) is 5.31. The Labute approximate surface area is 160 Å². The summed E-state index contributed by atoms with van der Waals surface area (Å²) in [6, 6.07) is 11.7. The van der Waals surface area contributed by atoms with Gasteiger partial charge in [0.2, 0.25) is 5.91 Å². The number of halogens is 2. The molecule has 0 saturated carbocycles. The first-order chi connectivity index (χ1) is 12.5. The molecule has 2 aromatic rings. The van der Waals surface area contributed by atoms with Crippen molar-refractivity contribution in [1.29, 1.82) is 0 Å². The number of nitro groups is 1. The molecule has 136 valence electrons. The number of carbonyl (C=O) groups is 1. The van der Waals surface area contributed by atoms with Crippen LogP contribution in [-0.4, -0.2) is 23.9 Å². The molecule has 0 aromatic heterocycles. The lowest BCUT2D eigenvalue weighted by molar-refractivity contribution is -0.384. The molecule has 0 aliphatic carbocycles. The summed E-state index contributed by atoms with van der Waals surface area (Å²) in [6.07, 6.45) is 1.21. The van der Waals surface area contributed by atoms with Crippen molar-refractivity contribution in [2.75, 3.05) is 23.3 Å². The van der Waals surface area contributed by atoms with E-state index in [-0.39, 0.29) is 22.4 Å². The van der Waals surface area contributed by atoms with Crippen molar-refractivity contribution in [3.8, 4) is 0 Å². The van der Waals surface area contributed by atoms with Gasteiger partial charge < -0.3 is 10.2 Å². The molecule has 0 bridgehead atoms. The van der Waals surface area contributed by atoms with E-state index in [9.17, 15) is 14.9 Å². The van der Waals surface area contributed by atoms with Crippen molar-refractivity contribution in [3.63, 3.8) is 0 Å².